The maximum Gasteiger partial charge on any atom is 0.410 e. The van der Waals surface area contributed by atoms with Gasteiger partial charge in [-0.15, -0.1) is 0 Å². The minimum absolute atomic E-state index is 0.0911. The van der Waals surface area contributed by atoms with Crippen LogP contribution in [-0.2, 0) is 4.74 Å². The molecule has 1 aliphatic rings. The highest BCUT2D eigenvalue weighted by molar-refractivity contribution is 6.14. The largest absolute Gasteiger partial charge is 0.444 e. The molecule has 4 heterocycles. The highest BCUT2D eigenvalue weighted by Crippen LogP contribution is 2.32. The highest BCUT2D eigenvalue weighted by Gasteiger charge is 2.36. The van der Waals surface area contributed by atoms with Gasteiger partial charge in [0.2, 0.25) is 0 Å². The van der Waals surface area contributed by atoms with Gasteiger partial charge >= 0.3 is 6.09 Å². The molecule has 1 aromatic carbocycles. The molecule has 0 bridgehead atoms. The van der Waals surface area contributed by atoms with Crippen molar-refractivity contribution in [2.45, 2.75) is 66.2 Å². The number of ether oxygens (including phenoxy) is 1. The van der Waals surface area contributed by atoms with Gasteiger partial charge in [-0.05, 0) is 72.7 Å². The molecule has 9 nitrogen and oxygen atoms in total. The van der Waals surface area contributed by atoms with Crippen molar-refractivity contribution in [3.8, 4) is 0 Å². The van der Waals surface area contributed by atoms with Gasteiger partial charge in [0.1, 0.15) is 5.60 Å². The quantitative estimate of drug-likeness (QED) is 0.353. The van der Waals surface area contributed by atoms with Crippen LogP contribution in [0.2, 0.25) is 0 Å². The molecule has 1 unspecified atom stereocenters. The lowest BCUT2D eigenvalue weighted by Gasteiger charge is -2.45. The van der Waals surface area contributed by atoms with E-state index in [-0.39, 0.29) is 29.7 Å². The molecular weight excluding hydrogens is 511 g/mol. The predicted octanol–water partition coefficient (Wildman–Crippen LogP) is 5.72. The molecule has 0 aliphatic carbocycles. The number of aryl methyl sites for hydroxylation is 2. The van der Waals surface area contributed by atoms with Gasteiger partial charge in [0.05, 0.1) is 34.5 Å². The third-order valence-electron chi connectivity index (χ3n) is 6.97. The normalized spacial score (nSPS) is 17.9. The number of nitrogens with zero attached hydrogens (tertiary/aromatic N) is 5. The Bertz CT molecular complexity index is 1610. The first kappa shape index (κ1) is 27.4. The van der Waals surface area contributed by atoms with E-state index < -0.39 is 11.4 Å². The van der Waals surface area contributed by atoms with Crippen molar-refractivity contribution in [2.75, 3.05) is 23.3 Å². The van der Waals surface area contributed by atoms with Crippen molar-refractivity contribution in [3.63, 3.8) is 0 Å². The molecule has 1 N–H and O–H groups in total. The molecular formula is C30H35FN6O3. The summed E-state index contributed by atoms with van der Waals surface area (Å²) in [5, 5.41) is 3.65. The van der Waals surface area contributed by atoms with Crippen LogP contribution in [0.25, 0.3) is 16.6 Å². The fourth-order valence-corrected chi connectivity index (χ4v) is 5.40. The zero-order valence-electron chi connectivity index (χ0n) is 23.9. The second-order valence-electron chi connectivity index (χ2n) is 11.6. The van der Waals surface area contributed by atoms with Gasteiger partial charge in [-0.3, -0.25) is 14.7 Å². The Hall–Kier alpha value is -4.21. The van der Waals surface area contributed by atoms with E-state index in [2.05, 4.69) is 15.2 Å². The van der Waals surface area contributed by atoms with Crippen LogP contribution in [0.5, 0.6) is 0 Å². The number of imidazole rings is 1. The lowest BCUT2D eigenvalue weighted by Crippen LogP contribution is -2.59. The Morgan fingerprint density at radius 3 is 2.38 bits per heavy atom. The number of anilines is 2. The van der Waals surface area contributed by atoms with Crippen LogP contribution in [0.4, 0.5) is 20.6 Å². The van der Waals surface area contributed by atoms with Crippen molar-refractivity contribution < 1.29 is 18.7 Å². The molecule has 1 saturated heterocycles. The third kappa shape index (κ3) is 5.30. The summed E-state index contributed by atoms with van der Waals surface area (Å²) in [6.45, 7) is 14.5. The molecule has 210 valence electrons. The van der Waals surface area contributed by atoms with E-state index in [0.29, 0.717) is 35.6 Å². The molecule has 1 fully saturated rings. The lowest BCUT2D eigenvalue weighted by molar-refractivity contribution is 0.00567. The first-order valence-corrected chi connectivity index (χ1v) is 13.4. The van der Waals surface area contributed by atoms with E-state index in [1.165, 1.54) is 6.07 Å². The van der Waals surface area contributed by atoms with Crippen LogP contribution in [0.1, 0.15) is 56.4 Å². The number of hydrogen-bond donors (Lipinski definition) is 1. The van der Waals surface area contributed by atoms with Crippen molar-refractivity contribution in [1.82, 2.24) is 19.3 Å². The minimum atomic E-state index is -0.570. The maximum atomic E-state index is 14.6. The Kier molecular flexibility index (Phi) is 6.89. The maximum absolute atomic E-state index is 14.6. The molecule has 0 radical (unpaired) electrons. The fraction of sp³-hybridized carbons (Fsp3) is 0.400. The van der Waals surface area contributed by atoms with Gasteiger partial charge in [0.25, 0.3) is 5.91 Å². The minimum Gasteiger partial charge on any atom is -0.444 e. The first-order valence-electron chi connectivity index (χ1n) is 13.4. The molecule has 3 aromatic heterocycles. The highest BCUT2D eigenvalue weighted by atomic mass is 19.1. The summed E-state index contributed by atoms with van der Waals surface area (Å²) in [6.07, 6.45) is 3.02. The number of carbonyl (C=O) groups excluding carboxylic acids is 2. The number of piperazine rings is 1. The van der Waals surface area contributed by atoms with Crippen LogP contribution >= 0.6 is 0 Å². The number of halogens is 1. The second-order valence-corrected chi connectivity index (χ2v) is 11.6. The molecule has 5 rings (SSSR count). The van der Waals surface area contributed by atoms with Crippen LogP contribution in [-0.4, -0.2) is 62.0 Å². The Morgan fingerprint density at radius 2 is 1.70 bits per heavy atom. The van der Waals surface area contributed by atoms with Crippen LogP contribution in [0, 0.1) is 19.7 Å². The molecule has 4 aromatic rings. The van der Waals surface area contributed by atoms with Gasteiger partial charge < -0.3 is 19.4 Å². The molecule has 1 aliphatic heterocycles. The Labute approximate surface area is 233 Å². The smallest absolute Gasteiger partial charge is 0.410 e. The topological polar surface area (TPSA) is 92.1 Å². The average molecular weight is 547 g/mol. The van der Waals surface area contributed by atoms with Gasteiger partial charge in [-0.2, -0.15) is 0 Å². The van der Waals surface area contributed by atoms with E-state index in [1.54, 1.807) is 34.7 Å². The molecule has 40 heavy (non-hydrogen) atoms. The zero-order valence-corrected chi connectivity index (χ0v) is 23.9. The number of rotatable bonds is 3. The molecule has 0 saturated carbocycles. The number of aromatic nitrogens is 3. The molecule has 2 amide bonds. The molecule has 10 heteroatoms. The third-order valence-corrected chi connectivity index (χ3v) is 6.97. The number of pyridine rings is 2. The fourth-order valence-electron chi connectivity index (χ4n) is 5.40. The lowest BCUT2D eigenvalue weighted by atomic mass is 10.0. The number of carbonyl (C=O) groups is 2. The van der Waals surface area contributed by atoms with Crippen molar-refractivity contribution in [1.29, 1.82) is 0 Å². The Morgan fingerprint density at radius 1 is 1.00 bits per heavy atom. The summed E-state index contributed by atoms with van der Waals surface area (Å²) in [5.74, 6) is -0.907. The van der Waals surface area contributed by atoms with Gasteiger partial charge in [0, 0.05) is 48.3 Å². The van der Waals surface area contributed by atoms with Crippen LogP contribution in [0.15, 0.2) is 42.7 Å². The number of benzene rings is 1. The Balaban J connectivity index is 1.44. The molecule has 2 atom stereocenters. The number of amides is 2. The van der Waals surface area contributed by atoms with E-state index in [4.69, 9.17) is 9.72 Å². The summed E-state index contributed by atoms with van der Waals surface area (Å²) in [4.78, 5) is 39.3. The molecule has 0 spiro atoms. The zero-order chi connectivity index (χ0) is 28.9. The van der Waals surface area contributed by atoms with E-state index in [9.17, 15) is 14.0 Å². The first-order chi connectivity index (χ1) is 18.8. The van der Waals surface area contributed by atoms with Crippen LogP contribution < -0.4 is 10.2 Å². The van der Waals surface area contributed by atoms with Gasteiger partial charge in [0.15, 0.2) is 11.5 Å². The van der Waals surface area contributed by atoms with Gasteiger partial charge in [-0.25, -0.2) is 14.2 Å². The second kappa shape index (κ2) is 10.1. The summed E-state index contributed by atoms with van der Waals surface area (Å²) >= 11 is 0. The number of hydrogen-bond acceptors (Lipinski definition) is 6. The van der Waals surface area contributed by atoms with E-state index >= 15 is 0 Å². The van der Waals surface area contributed by atoms with E-state index in [1.807, 2.05) is 59.7 Å². The van der Waals surface area contributed by atoms with E-state index in [0.717, 1.165) is 16.8 Å². The monoisotopic (exact) mass is 546 g/mol. The van der Waals surface area contributed by atoms with Crippen molar-refractivity contribution in [3.05, 3.63) is 65.5 Å². The number of nitrogens with one attached hydrogen (secondary N) is 1. The summed E-state index contributed by atoms with van der Waals surface area (Å²) in [6, 6.07) is 8.65. The number of fused-ring (bicyclic) bond motifs is 2. The average Bonchev–Trinajstić information content (AvgIpc) is 3.22. The standard InChI is InChI=1S/C30H35FN6O3/c1-17-8-9-22-25(35-14-19(3)37(20(4)15-35)29(39)40-30(5,6)7)11-10-23(26(22)32-17)28(38)34-21-12-24(31)27-33-18(2)13-36(27)16-21/h8-13,16,19-20H,14-15H2,1-7H3,(H,34,38)/t19-,20?/m0/s1. The summed E-state index contributed by atoms with van der Waals surface area (Å²) in [7, 11) is 0. The van der Waals surface area contributed by atoms with Crippen molar-refractivity contribution >= 4 is 39.9 Å². The summed E-state index contributed by atoms with van der Waals surface area (Å²) < 4.78 is 21.8. The van der Waals surface area contributed by atoms with Crippen molar-refractivity contribution in [2.24, 2.45) is 0 Å². The SMILES string of the molecule is Cc1ccc2c(N3CC(C)N(C(=O)OC(C)(C)C)[C@@H](C)C3)ccc(C(=O)Nc3cc(F)c4nc(C)cn4c3)c2n1. The summed E-state index contributed by atoms with van der Waals surface area (Å²) in [5.41, 5.74) is 3.29. The van der Waals surface area contributed by atoms with Crippen LogP contribution in [0.3, 0.4) is 0 Å². The van der Waals surface area contributed by atoms with Gasteiger partial charge in [-0.1, -0.05) is 0 Å². The predicted molar refractivity (Wildman–Crippen MR) is 154 cm³/mol.